The molecule has 0 unspecified atom stereocenters. The molecule has 0 aliphatic heterocycles. The lowest BCUT2D eigenvalue weighted by atomic mass is 10.1. The molecule has 2 heterocycles. The Labute approximate surface area is 199 Å². The van der Waals surface area contributed by atoms with E-state index in [0.717, 1.165) is 5.56 Å². The first kappa shape index (κ1) is 22.7. The summed E-state index contributed by atoms with van der Waals surface area (Å²) in [5.74, 6) is 2.33. The summed E-state index contributed by atoms with van der Waals surface area (Å²) in [5.41, 5.74) is 1.67. The second-order valence-corrected chi connectivity index (χ2v) is 7.84. The smallest absolute Gasteiger partial charge is 0.291 e. The van der Waals surface area contributed by atoms with Crippen molar-refractivity contribution >= 4 is 34.8 Å². The van der Waals surface area contributed by atoms with E-state index in [0.29, 0.717) is 41.0 Å². The number of nitrogens with zero attached hydrogens (tertiary/aromatic N) is 2. The molecule has 1 N–H and O–H groups in total. The van der Waals surface area contributed by atoms with Gasteiger partial charge in [0.15, 0.2) is 5.76 Å². The van der Waals surface area contributed by atoms with E-state index in [1.807, 2.05) is 18.2 Å². The Morgan fingerprint density at radius 3 is 2.45 bits per heavy atom. The van der Waals surface area contributed by atoms with Gasteiger partial charge in [-0.2, -0.15) is 4.98 Å². The number of halogens is 2. The Morgan fingerprint density at radius 1 is 1.06 bits per heavy atom. The number of benzene rings is 2. The normalized spacial score (nSPS) is 10.8. The second-order valence-electron chi connectivity index (χ2n) is 7.03. The molecule has 0 atom stereocenters. The largest absolute Gasteiger partial charge is 0.497 e. The lowest BCUT2D eigenvalue weighted by Crippen LogP contribution is -2.11. The number of ether oxygens (including phenoxy) is 2. The van der Waals surface area contributed by atoms with Crippen LogP contribution in [0.2, 0.25) is 10.0 Å². The Bertz CT molecular complexity index is 1290. The van der Waals surface area contributed by atoms with E-state index in [-0.39, 0.29) is 21.5 Å². The van der Waals surface area contributed by atoms with E-state index in [1.54, 1.807) is 45.4 Å². The van der Waals surface area contributed by atoms with Gasteiger partial charge in [0.1, 0.15) is 17.3 Å². The number of furan rings is 1. The molecule has 2 aromatic heterocycles. The predicted octanol–water partition coefficient (Wildman–Crippen LogP) is 5.81. The first-order valence-corrected chi connectivity index (χ1v) is 10.5. The number of hydrogen-bond acceptors (Lipinski definition) is 7. The van der Waals surface area contributed by atoms with Crippen molar-refractivity contribution in [2.45, 2.75) is 13.3 Å². The summed E-state index contributed by atoms with van der Waals surface area (Å²) in [5, 5.41) is 6.98. The average molecular weight is 488 g/mol. The van der Waals surface area contributed by atoms with E-state index in [2.05, 4.69) is 15.5 Å². The lowest BCUT2D eigenvalue weighted by molar-refractivity contribution is 0.0995. The number of aromatic nitrogens is 2. The fraction of sp³-hybridized carbons (Fsp3) is 0.174. The summed E-state index contributed by atoms with van der Waals surface area (Å²) < 4.78 is 21.4. The van der Waals surface area contributed by atoms with Crippen LogP contribution in [0.25, 0.3) is 11.4 Å². The van der Waals surface area contributed by atoms with Crippen molar-refractivity contribution in [2.75, 3.05) is 19.5 Å². The zero-order valence-electron chi connectivity index (χ0n) is 17.9. The fourth-order valence-electron chi connectivity index (χ4n) is 3.22. The molecule has 8 nitrogen and oxygen atoms in total. The molecule has 4 aromatic rings. The van der Waals surface area contributed by atoms with Crippen molar-refractivity contribution in [1.82, 2.24) is 10.1 Å². The average Bonchev–Trinajstić information content (AvgIpc) is 3.45. The minimum absolute atomic E-state index is 0.108. The maximum Gasteiger partial charge on any atom is 0.291 e. The number of anilines is 1. The highest BCUT2D eigenvalue weighted by Gasteiger charge is 2.18. The molecule has 0 aliphatic rings. The Hall–Kier alpha value is -3.49. The topological polar surface area (TPSA) is 99.6 Å². The van der Waals surface area contributed by atoms with Gasteiger partial charge < -0.3 is 23.7 Å². The van der Waals surface area contributed by atoms with Crippen LogP contribution in [0.3, 0.4) is 0 Å². The van der Waals surface area contributed by atoms with Crippen LogP contribution >= 0.6 is 23.2 Å². The van der Waals surface area contributed by atoms with Gasteiger partial charge >= 0.3 is 0 Å². The van der Waals surface area contributed by atoms with E-state index in [1.165, 1.54) is 0 Å². The quantitative estimate of drug-likeness (QED) is 0.351. The number of hydrogen-bond donors (Lipinski definition) is 1. The molecule has 0 aliphatic carbocycles. The highest BCUT2D eigenvalue weighted by atomic mass is 35.5. The van der Waals surface area contributed by atoms with Gasteiger partial charge in [0, 0.05) is 24.5 Å². The molecule has 0 fully saturated rings. The Morgan fingerprint density at radius 2 is 1.82 bits per heavy atom. The highest BCUT2D eigenvalue weighted by molar-refractivity contribution is 6.40. The fourth-order valence-corrected chi connectivity index (χ4v) is 3.80. The van der Waals surface area contributed by atoms with Crippen LogP contribution in [0.4, 0.5) is 5.69 Å². The van der Waals surface area contributed by atoms with Gasteiger partial charge in [-0.05, 0) is 42.5 Å². The second kappa shape index (κ2) is 9.56. The number of carbonyl (C=O) groups excluding carboxylic acids is 1. The molecule has 0 radical (unpaired) electrons. The van der Waals surface area contributed by atoms with Gasteiger partial charge in [-0.25, -0.2) is 0 Å². The Balaban J connectivity index is 1.51. The molecule has 2 aromatic carbocycles. The summed E-state index contributed by atoms with van der Waals surface area (Å²) in [6, 6.07) is 12.0. The van der Waals surface area contributed by atoms with Crippen LogP contribution < -0.4 is 14.8 Å². The van der Waals surface area contributed by atoms with Crippen LogP contribution in [-0.4, -0.2) is 30.3 Å². The van der Waals surface area contributed by atoms with Crippen LogP contribution in [0.5, 0.6) is 11.5 Å². The molecule has 0 spiro atoms. The summed E-state index contributed by atoms with van der Waals surface area (Å²) >= 11 is 12.7. The van der Waals surface area contributed by atoms with E-state index < -0.39 is 5.91 Å². The molecule has 10 heteroatoms. The maximum absolute atomic E-state index is 12.8. The molecule has 4 rings (SSSR count). The van der Waals surface area contributed by atoms with Crippen molar-refractivity contribution < 1.29 is 23.2 Å². The first-order valence-electron chi connectivity index (χ1n) is 9.78. The molecule has 33 heavy (non-hydrogen) atoms. The molecular weight excluding hydrogens is 469 g/mol. The van der Waals surface area contributed by atoms with Crippen LogP contribution in [0.1, 0.15) is 27.8 Å². The Kier molecular flexibility index (Phi) is 6.57. The molecule has 0 saturated carbocycles. The molecule has 1 amide bonds. The third kappa shape index (κ3) is 4.97. The van der Waals surface area contributed by atoms with Crippen molar-refractivity contribution in [1.29, 1.82) is 0 Å². The zero-order valence-corrected chi connectivity index (χ0v) is 19.5. The van der Waals surface area contributed by atoms with Crippen molar-refractivity contribution in [2.24, 2.45) is 0 Å². The number of aryl methyl sites for hydroxylation is 1. The summed E-state index contributed by atoms with van der Waals surface area (Å²) in [7, 11) is 3.18. The molecule has 170 valence electrons. The van der Waals surface area contributed by atoms with Gasteiger partial charge in [0.05, 0.1) is 30.0 Å². The zero-order chi connectivity index (χ0) is 23.5. The minimum Gasteiger partial charge on any atom is -0.497 e. The van der Waals surface area contributed by atoms with E-state index in [9.17, 15) is 4.79 Å². The summed E-state index contributed by atoms with van der Waals surface area (Å²) in [6.07, 6.45) is 0.411. The molecule has 0 saturated heterocycles. The number of carbonyl (C=O) groups is 1. The van der Waals surface area contributed by atoms with Crippen LogP contribution in [-0.2, 0) is 6.42 Å². The lowest BCUT2D eigenvalue weighted by Gasteiger charge is -2.10. The standard InChI is InChI=1S/C23H19Cl2N3O5/c1-12-26-22(28-33-12)14-10-17(24)21(18(25)11-14)27-23(29)20-7-5-16(32-20)9-13-8-15(30-2)4-6-19(13)31-3/h4-8,10-11H,9H2,1-3H3,(H,27,29). The van der Waals surface area contributed by atoms with Gasteiger partial charge in [0.25, 0.3) is 5.91 Å². The third-order valence-corrected chi connectivity index (χ3v) is 5.40. The number of methoxy groups -OCH3 is 2. The summed E-state index contributed by atoms with van der Waals surface area (Å²) in [4.78, 5) is 16.9. The van der Waals surface area contributed by atoms with Crippen LogP contribution in [0, 0.1) is 6.92 Å². The van der Waals surface area contributed by atoms with Crippen molar-refractivity contribution in [3.63, 3.8) is 0 Å². The van der Waals surface area contributed by atoms with Gasteiger partial charge in [-0.1, -0.05) is 28.4 Å². The van der Waals surface area contributed by atoms with Gasteiger partial charge in [-0.15, -0.1) is 0 Å². The summed E-state index contributed by atoms with van der Waals surface area (Å²) in [6.45, 7) is 1.68. The number of nitrogens with one attached hydrogen (secondary N) is 1. The van der Waals surface area contributed by atoms with Crippen LogP contribution in [0.15, 0.2) is 51.4 Å². The monoisotopic (exact) mass is 487 g/mol. The van der Waals surface area contributed by atoms with Crippen molar-refractivity contribution in [3.8, 4) is 22.9 Å². The van der Waals surface area contributed by atoms with Gasteiger partial charge in [0.2, 0.25) is 11.7 Å². The predicted molar refractivity (Wildman–Crippen MR) is 124 cm³/mol. The SMILES string of the molecule is COc1ccc(OC)c(Cc2ccc(C(=O)Nc3c(Cl)cc(-c4noc(C)n4)cc3Cl)o2)c1. The number of rotatable bonds is 7. The molecule has 0 bridgehead atoms. The first-order chi connectivity index (χ1) is 15.9. The molecular formula is C23H19Cl2N3O5. The highest BCUT2D eigenvalue weighted by Crippen LogP contribution is 2.35. The maximum atomic E-state index is 12.8. The van der Waals surface area contributed by atoms with Crippen molar-refractivity contribution in [3.05, 3.63) is 75.5 Å². The minimum atomic E-state index is -0.495. The van der Waals surface area contributed by atoms with E-state index in [4.69, 9.17) is 41.6 Å². The van der Waals surface area contributed by atoms with E-state index >= 15 is 0 Å². The third-order valence-electron chi connectivity index (χ3n) is 4.80. The number of amides is 1. The van der Waals surface area contributed by atoms with Gasteiger partial charge in [-0.3, -0.25) is 4.79 Å².